The molecule has 6 heteroatoms. The fourth-order valence-corrected chi connectivity index (χ4v) is 4.84. The van der Waals surface area contributed by atoms with Crippen LogP contribution >= 0.6 is 15.9 Å². The maximum Gasteiger partial charge on any atom is 0.269 e. The third-order valence-corrected chi connectivity index (χ3v) is 6.53. The van der Waals surface area contributed by atoms with Gasteiger partial charge in [0.2, 0.25) is 0 Å². The van der Waals surface area contributed by atoms with Crippen molar-refractivity contribution in [3.63, 3.8) is 0 Å². The van der Waals surface area contributed by atoms with Gasteiger partial charge in [0.15, 0.2) is 0 Å². The molecule has 0 spiro atoms. The Kier molecular flexibility index (Phi) is 5.64. The van der Waals surface area contributed by atoms with Gasteiger partial charge in [0.05, 0.1) is 5.69 Å². The Balaban J connectivity index is 1.42. The van der Waals surface area contributed by atoms with Crippen molar-refractivity contribution in [3.8, 4) is 11.3 Å². The van der Waals surface area contributed by atoms with Crippen LogP contribution in [0.3, 0.4) is 0 Å². The summed E-state index contributed by atoms with van der Waals surface area (Å²) in [5.74, 6) is 0.545. The first-order valence-electron chi connectivity index (χ1n) is 9.94. The summed E-state index contributed by atoms with van der Waals surface area (Å²) in [6.45, 7) is 3.22. The first kappa shape index (κ1) is 18.7. The highest BCUT2D eigenvalue weighted by Gasteiger charge is 2.33. The van der Waals surface area contributed by atoms with E-state index < -0.39 is 0 Å². The van der Waals surface area contributed by atoms with Gasteiger partial charge in [0.25, 0.3) is 5.91 Å². The van der Waals surface area contributed by atoms with Gasteiger partial charge in [-0.15, -0.1) is 0 Å². The molecular formula is C21H27BrN4O. The molecule has 1 amide bonds. The largest absolute Gasteiger partial charge is 0.350 e. The lowest BCUT2D eigenvalue weighted by molar-refractivity contribution is 0.0574. The monoisotopic (exact) mass is 430 g/mol. The van der Waals surface area contributed by atoms with E-state index in [1.165, 1.54) is 45.2 Å². The van der Waals surface area contributed by atoms with Crippen molar-refractivity contribution < 1.29 is 4.79 Å². The highest BCUT2D eigenvalue weighted by molar-refractivity contribution is 9.10. The average molecular weight is 431 g/mol. The van der Waals surface area contributed by atoms with Crippen LogP contribution in [0.2, 0.25) is 0 Å². The molecule has 2 aliphatic rings. The summed E-state index contributed by atoms with van der Waals surface area (Å²) >= 11 is 3.45. The molecule has 1 N–H and O–H groups in total. The van der Waals surface area contributed by atoms with Crippen LogP contribution in [-0.4, -0.2) is 46.3 Å². The van der Waals surface area contributed by atoms with Crippen LogP contribution in [0.1, 0.15) is 42.6 Å². The number of carbonyl (C=O) groups excluding carboxylic acids is 1. The van der Waals surface area contributed by atoms with Crippen LogP contribution < -0.4 is 5.32 Å². The third-order valence-electron chi connectivity index (χ3n) is 6.01. The molecule has 4 rings (SSSR count). The fraction of sp³-hybridized carbons (Fsp3) is 0.524. The predicted molar refractivity (Wildman–Crippen MR) is 111 cm³/mol. The number of amides is 1. The minimum absolute atomic E-state index is 0.0266. The van der Waals surface area contributed by atoms with Gasteiger partial charge in [0.1, 0.15) is 5.69 Å². The standard InChI is InChI=1S/C21H27BrN4O/c1-25-20(13-18(24-25)15-7-9-17(22)10-8-15)21(27)23-14-16-5-4-12-26-11-3-2-6-19(16)26/h7-10,13,16,19H,2-6,11-12,14H2,1H3,(H,23,27). The van der Waals surface area contributed by atoms with Crippen LogP contribution in [-0.2, 0) is 7.05 Å². The van der Waals surface area contributed by atoms with Gasteiger partial charge in [0, 0.05) is 29.7 Å². The number of fused-ring (bicyclic) bond motifs is 1. The number of hydrogen-bond acceptors (Lipinski definition) is 3. The van der Waals surface area contributed by atoms with Crippen molar-refractivity contribution in [2.75, 3.05) is 19.6 Å². The summed E-state index contributed by atoms with van der Waals surface area (Å²) in [4.78, 5) is 15.4. The van der Waals surface area contributed by atoms with Crippen molar-refractivity contribution in [1.29, 1.82) is 0 Å². The summed E-state index contributed by atoms with van der Waals surface area (Å²) in [6.07, 6.45) is 6.39. The molecule has 144 valence electrons. The lowest BCUT2D eigenvalue weighted by Crippen LogP contribution is -2.51. The Labute approximate surface area is 169 Å². The molecule has 27 heavy (non-hydrogen) atoms. The van der Waals surface area contributed by atoms with E-state index in [0.29, 0.717) is 17.7 Å². The topological polar surface area (TPSA) is 50.2 Å². The zero-order valence-corrected chi connectivity index (χ0v) is 17.4. The fourth-order valence-electron chi connectivity index (χ4n) is 4.57. The maximum atomic E-state index is 12.8. The highest BCUT2D eigenvalue weighted by atomic mass is 79.9. The van der Waals surface area contributed by atoms with Crippen LogP contribution in [0.15, 0.2) is 34.8 Å². The summed E-state index contributed by atoms with van der Waals surface area (Å²) in [7, 11) is 1.83. The second-order valence-corrected chi connectivity index (χ2v) is 8.67. The Bertz CT molecular complexity index is 799. The molecule has 0 saturated carbocycles. The number of carbonyl (C=O) groups is 1. The SMILES string of the molecule is Cn1nc(-c2ccc(Br)cc2)cc1C(=O)NCC1CCCN2CCCCC12. The molecule has 1 aromatic carbocycles. The highest BCUT2D eigenvalue weighted by Crippen LogP contribution is 2.30. The Hall–Kier alpha value is -1.66. The number of hydrogen-bond donors (Lipinski definition) is 1. The molecule has 0 radical (unpaired) electrons. The zero-order chi connectivity index (χ0) is 18.8. The lowest BCUT2D eigenvalue weighted by Gasteiger charge is -2.44. The van der Waals surface area contributed by atoms with E-state index >= 15 is 0 Å². The Morgan fingerprint density at radius 1 is 1.19 bits per heavy atom. The lowest BCUT2D eigenvalue weighted by atomic mass is 9.83. The molecule has 2 aliphatic heterocycles. The second-order valence-electron chi connectivity index (χ2n) is 7.76. The molecule has 2 saturated heterocycles. The molecule has 1 aromatic heterocycles. The number of halogens is 1. The second kappa shape index (κ2) is 8.15. The van der Waals surface area contributed by atoms with Gasteiger partial charge in [-0.25, -0.2) is 0 Å². The van der Waals surface area contributed by atoms with Crippen LogP contribution in [0.4, 0.5) is 0 Å². The van der Waals surface area contributed by atoms with Crippen LogP contribution in [0.5, 0.6) is 0 Å². The van der Waals surface area contributed by atoms with Gasteiger partial charge in [-0.3, -0.25) is 9.48 Å². The average Bonchev–Trinajstić information content (AvgIpc) is 3.08. The van der Waals surface area contributed by atoms with E-state index in [2.05, 4.69) is 31.2 Å². The van der Waals surface area contributed by atoms with Gasteiger partial charge in [-0.2, -0.15) is 5.10 Å². The minimum atomic E-state index is -0.0266. The van der Waals surface area contributed by atoms with Crippen molar-refractivity contribution in [2.45, 2.75) is 38.1 Å². The zero-order valence-electron chi connectivity index (χ0n) is 15.8. The van der Waals surface area contributed by atoms with E-state index in [9.17, 15) is 4.79 Å². The Morgan fingerprint density at radius 2 is 1.96 bits per heavy atom. The minimum Gasteiger partial charge on any atom is -0.350 e. The number of rotatable bonds is 4. The van der Waals surface area contributed by atoms with Crippen molar-refractivity contribution in [3.05, 3.63) is 40.5 Å². The van der Waals surface area contributed by atoms with Gasteiger partial charge >= 0.3 is 0 Å². The van der Waals surface area contributed by atoms with E-state index in [1.807, 2.05) is 37.4 Å². The van der Waals surface area contributed by atoms with Crippen molar-refractivity contribution >= 4 is 21.8 Å². The molecule has 2 unspecified atom stereocenters. The molecule has 3 heterocycles. The van der Waals surface area contributed by atoms with E-state index in [0.717, 1.165) is 22.3 Å². The molecule has 2 fully saturated rings. The van der Waals surface area contributed by atoms with Gasteiger partial charge < -0.3 is 10.2 Å². The first-order chi connectivity index (χ1) is 13.1. The summed E-state index contributed by atoms with van der Waals surface area (Å²) < 4.78 is 2.71. The molecule has 0 aliphatic carbocycles. The number of benzene rings is 1. The number of aryl methyl sites for hydroxylation is 1. The summed E-state index contributed by atoms with van der Waals surface area (Å²) in [6, 6.07) is 10.5. The number of aromatic nitrogens is 2. The van der Waals surface area contributed by atoms with Gasteiger partial charge in [-0.05, 0) is 62.9 Å². The third kappa shape index (κ3) is 4.11. The Morgan fingerprint density at radius 3 is 2.78 bits per heavy atom. The maximum absolute atomic E-state index is 12.8. The molecule has 2 atom stereocenters. The summed E-state index contributed by atoms with van der Waals surface area (Å²) in [5, 5.41) is 7.71. The van der Waals surface area contributed by atoms with E-state index in [4.69, 9.17) is 0 Å². The quantitative estimate of drug-likeness (QED) is 0.801. The van der Waals surface area contributed by atoms with Crippen molar-refractivity contribution in [1.82, 2.24) is 20.0 Å². The summed E-state index contributed by atoms with van der Waals surface area (Å²) in [5.41, 5.74) is 2.45. The van der Waals surface area contributed by atoms with E-state index in [1.54, 1.807) is 4.68 Å². The normalized spacial score (nSPS) is 23.0. The molecule has 2 aromatic rings. The number of piperidine rings is 2. The number of nitrogens with zero attached hydrogens (tertiary/aromatic N) is 3. The van der Waals surface area contributed by atoms with Gasteiger partial charge in [-0.1, -0.05) is 34.5 Å². The molecular weight excluding hydrogens is 404 g/mol. The molecule has 0 bridgehead atoms. The molecule has 5 nitrogen and oxygen atoms in total. The van der Waals surface area contributed by atoms with Crippen molar-refractivity contribution in [2.24, 2.45) is 13.0 Å². The van der Waals surface area contributed by atoms with E-state index in [-0.39, 0.29) is 5.91 Å². The van der Waals surface area contributed by atoms with Crippen LogP contribution in [0.25, 0.3) is 11.3 Å². The number of nitrogens with one attached hydrogen (secondary N) is 1. The predicted octanol–water partition coefficient (Wildman–Crippen LogP) is 3.84. The van der Waals surface area contributed by atoms with Crippen LogP contribution in [0, 0.1) is 5.92 Å². The smallest absolute Gasteiger partial charge is 0.269 e. The first-order valence-corrected chi connectivity index (χ1v) is 10.7.